The van der Waals surface area contributed by atoms with Gasteiger partial charge in [-0.05, 0) is 49.8 Å². The van der Waals surface area contributed by atoms with Gasteiger partial charge in [0, 0.05) is 32.1 Å². The first-order chi connectivity index (χ1) is 14.6. The van der Waals surface area contributed by atoms with Gasteiger partial charge in [-0.1, -0.05) is 11.6 Å². The summed E-state index contributed by atoms with van der Waals surface area (Å²) in [6, 6.07) is 4.21. The van der Waals surface area contributed by atoms with Crippen LogP contribution in [0.4, 0.5) is 13.2 Å². The van der Waals surface area contributed by atoms with E-state index in [1.807, 2.05) is 6.07 Å². The average molecular weight is 434 g/mol. The molecule has 0 unspecified atom stereocenters. The highest BCUT2D eigenvalue weighted by Gasteiger charge is 2.33. The van der Waals surface area contributed by atoms with Crippen LogP contribution in [0.25, 0.3) is 0 Å². The molecule has 0 spiro atoms. The molecule has 1 N–H and O–H groups in total. The Hall–Kier alpha value is -2.84. The number of aromatic nitrogens is 2. The summed E-state index contributed by atoms with van der Waals surface area (Å²) in [5.74, 6) is -0.185. The normalized spacial score (nSPS) is 17.6. The summed E-state index contributed by atoms with van der Waals surface area (Å²) in [4.78, 5) is 28.1. The minimum atomic E-state index is -4.37. The first-order valence-electron chi connectivity index (χ1n) is 10.4. The number of H-pyrrole nitrogens is 1. The monoisotopic (exact) mass is 434 g/mol. The molecule has 1 fully saturated rings. The van der Waals surface area contributed by atoms with Gasteiger partial charge in [-0.2, -0.15) is 18.3 Å². The van der Waals surface area contributed by atoms with E-state index in [-0.39, 0.29) is 17.7 Å². The lowest BCUT2D eigenvalue weighted by atomic mass is 9.87. The third-order valence-electron chi connectivity index (χ3n) is 6.26. The number of fused-ring (bicyclic) bond motifs is 1. The van der Waals surface area contributed by atoms with Crippen molar-refractivity contribution in [1.82, 2.24) is 20.0 Å². The van der Waals surface area contributed by atoms with E-state index in [1.165, 1.54) is 13.0 Å². The number of halogens is 3. The zero-order valence-corrected chi connectivity index (χ0v) is 17.6. The molecule has 2 aromatic rings. The molecule has 1 aromatic heterocycles. The van der Waals surface area contributed by atoms with Crippen LogP contribution in [-0.2, 0) is 23.9 Å². The summed E-state index contributed by atoms with van der Waals surface area (Å²) in [5.41, 5.74) is 2.69. The standard InChI is InChI=1S/C22H25F3N4O2/c1-13-9-16(11-17(10-13)22(23,24)25)15-3-6-28(7-4-15)21(31)20-18-5-8-29(14(2)30)12-19(18)26-27-20/h9-11,15H,3-8,12H2,1-2H3,(H,26,27). The second kappa shape index (κ2) is 8.01. The Morgan fingerprint density at radius 1 is 1.10 bits per heavy atom. The van der Waals surface area contributed by atoms with E-state index in [9.17, 15) is 22.8 Å². The number of benzene rings is 1. The van der Waals surface area contributed by atoms with Crippen molar-refractivity contribution in [2.45, 2.75) is 51.7 Å². The van der Waals surface area contributed by atoms with Crippen LogP contribution in [0, 0.1) is 6.92 Å². The fourth-order valence-corrected chi connectivity index (χ4v) is 4.54. The number of piperidine rings is 1. The molecule has 4 rings (SSSR count). The van der Waals surface area contributed by atoms with Crippen LogP contribution < -0.4 is 0 Å². The number of rotatable bonds is 2. The van der Waals surface area contributed by atoms with Crippen molar-refractivity contribution in [1.29, 1.82) is 0 Å². The molecule has 0 atom stereocenters. The second-order valence-electron chi connectivity index (χ2n) is 8.42. The molecule has 0 radical (unpaired) electrons. The van der Waals surface area contributed by atoms with Gasteiger partial charge in [0.15, 0.2) is 5.69 Å². The zero-order valence-electron chi connectivity index (χ0n) is 17.6. The molecule has 2 aliphatic heterocycles. The molecular weight excluding hydrogens is 409 g/mol. The van der Waals surface area contributed by atoms with Crippen LogP contribution in [-0.4, -0.2) is 51.4 Å². The number of aromatic amines is 1. The Kier molecular flexibility index (Phi) is 5.53. The van der Waals surface area contributed by atoms with Gasteiger partial charge in [0.2, 0.25) is 5.91 Å². The van der Waals surface area contributed by atoms with Crippen molar-refractivity contribution >= 4 is 11.8 Å². The number of carbonyl (C=O) groups is 2. The number of hydrogen-bond acceptors (Lipinski definition) is 3. The molecular formula is C22H25F3N4O2. The number of likely N-dealkylation sites (tertiary alicyclic amines) is 1. The molecule has 2 amide bonds. The third kappa shape index (κ3) is 4.31. The zero-order chi connectivity index (χ0) is 22.3. The van der Waals surface area contributed by atoms with Gasteiger partial charge < -0.3 is 9.80 Å². The predicted octanol–water partition coefficient (Wildman–Crippen LogP) is 3.66. The molecule has 0 saturated carbocycles. The Morgan fingerprint density at radius 2 is 1.81 bits per heavy atom. The minimum Gasteiger partial charge on any atom is -0.337 e. The second-order valence-corrected chi connectivity index (χ2v) is 8.42. The Labute approximate surface area is 178 Å². The summed E-state index contributed by atoms with van der Waals surface area (Å²) >= 11 is 0. The van der Waals surface area contributed by atoms with E-state index < -0.39 is 11.7 Å². The van der Waals surface area contributed by atoms with Crippen molar-refractivity contribution in [3.63, 3.8) is 0 Å². The molecule has 2 aliphatic rings. The maximum absolute atomic E-state index is 13.2. The van der Waals surface area contributed by atoms with E-state index in [1.54, 1.807) is 16.7 Å². The van der Waals surface area contributed by atoms with Crippen molar-refractivity contribution in [3.8, 4) is 0 Å². The Morgan fingerprint density at radius 3 is 2.45 bits per heavy atom. The van der Waals surface area contributed by atoms with Gasteiger partial charge in [-0.25, -0.2) is 0 Å². The van der Waals surface area contributed by atoms with Gasteiger partial charge in [-0.15, -0.1) is 0 Å². The van der Waals surface area contributed by atoms with E-state index >= 15 is 0 Å². The van der Waals surface area contributed by atoms with Gasteiger partial charge in [0.05, 0.1) is 17.8 Å². The summed E-state index contributed by atoms with van der Waals surface area (Å²) in [6.07, 6.45) is -2.57. The van der Waals surface area contributed by atoms with Crippen LogP contribution in [0.3, 0.4) is 0 Å². The number of hydrogen-bond donors (Lipinski definition) is 1. The molecule has 1 saturated heterocycles. The molecule has 3 heterocycles. The Balaban J connectivity index is 1.44. The first-order valence-corrected chi connectivity index (χ1v) is 10.4. The lowest BCUT2D eigenvalue weighted by Crippen LogP contribution is -2.39. The summed E-state index contributed by atoms with van der Waals surface area (Å²) in [6.45, 7) is 5.11. The van der Waals surface area contributed by atoms with Crippen molar-refractivity contribution in [2.75, 3.05) is 19.6 Å². The van der Waals surface area contributed by atoms with Gasteiger partial charge in [0.1, 0.15) is 0 Å². The summed E-state index contributed by atoms with van der Waals surface area (Å²) < 4.78 is 39.5. The molecule has 31 heavy (non-hydrogen) atoms. The lowest BCUT2D eigenvalue weighted by Gasteiger charge is -2.32. The maximum Gasteiger partial charge on any atom is 0.416 e. The average Bonchev–Trinajstić information content (AvgIpc) is 3.15. The number of alkyl halides is 3. The summed E-state index contributed by atoms with van der Waals surface area (Å²) in [5, 5.41) is 7.11. The highest BCUT2D eigenvalue weighted by Crippen LogP contribution is 2.35. The quantitative estimate of drug-likeness (QED) is 0.784. The van der Waals surface area contributed by atoms with Crippen LogP contribution in [0.2, 0.25) is 0 Å². The highest BCUT2D eigenvalue weighted by molar-refractivity contribution is 5.94. The van der Waals surface area contributed by atoms with E-state index in [2.05, 4.69) is 10.2 Å². The van der Waals surface area contributed by atoms with E-state index in [0.29, 0.717) is 62.3 Å². The number of carbonyl (C=O) groups excluding carboxylic acids is 2. The number of nitrogens with zero attached hydrogens (tertiary/aromatic N) is 3. The fraction of sp³-hybridized carbons (Fsp3) is 0.500. The Bertz CT molecular complexity index is 1010. The number of nitrogens with one attached hydrogen (secondary N) is 1. The largest absolute Gasteiger partial charge is 0.416 e. The van der Waals surface area contributed by atoms with Crippen LogP contribution in [0.15, 0.2) is 18.2 Å². The minimum absolute atomic E-state index is 0.0118. The molecule has 6 nitrogen and oxygen atoms in total. The highest BCUT2D eigenvalue weighted by atomic mass is 19.4. The SMILES string of the molecule is CC(=O)N1CCc2c(C(=O)N3CCC(c4cc(C)cc(C(F)(F)F)c4)CC3)n[nH]c2C1. The fourth-order valence-electron chi connectivity index (χ4n) is 4.54. The van der Waals surface area contributed by atoms with Crippen LogP contribution in [0.5, 0.6) is 0 Å². The van der Waals surface area contributed by atoms with Gasteiger partial charge in [0.25, 0.3) is 5.91 Å². The van der Waals surface area contributed by atoms with E-state index in [4.69, 9.17) is 0 Å². The van der Waals surface area contributed by atoms with Gasteiger partial charge >= 0.3 is 6.18 Å². The molecule has 0 aliphatic carbocycles. The number of aryl methyl sites for hydroxylation is 1. The van der Waals surface area contributed by atoms with Crippen molar-refractivity contribution < 1.29 is 22.8 Å². The molecule has 166 valence electrons. The lowest BCUT2D eigenvalue weighted by molar-refractivity contribution is -0.137. The first kappa shape index (κ1) is 21.4. The number of amides is 2. The van der Waals surface area contributed by atoms with Crippen molar-refractivity contribution in [3.05, 3.63) is 51.8 Å². The van der Waals surface area contributed by atoms with E-state index in [0.717, 1.165) is 17.3 Å². The predicted molar refractivity (Wildman–Crippen MR) is 107 cm³/mol. The summed E-state index contributed by atoms with van der Waals surface area (Å²) in [7, 11) is 0. The van der Waals surface area contributed by atoms with Crippen LogP contribution in [0.1, 0.15) is 64.1 Å². The topological polar surface area (TPSA) is 69.3 Å². The smallest absolute Gasteiger partial charge is 0.337 e. The third-order valence-corrected chi connectivity index (χ3v) is 6.26. The molecule has 9 heteroatoms. The van der Waals surface area contributed by atoms with Crippen molar-refractivity contribution in [2.24, 2.45) is 0 Å². The molecule has 1 aromatic carbocycles. The molecule has 0 bridgehead atoms. The maximum atomic E-state index is 13.2. The van der Waals surface area contributed by atoms with Crippen LogP contribution >= 0.6 is 0 Å². The van der Waals surface area contributed by atoms with Gasteiger partial charge in [-0.3, -0.25) is 14.7 Å².